The van der Waals surface area contributed by atoms with Crippen molar-refractivity contribution in [3.8, 4) is 0 Å². The number of rotatable bonds is 2. The van der Waals surface area contributed by atoms with Gasteiger partial charge < -0.3 is 5.32 Å². The first-order chi connectivity index (χ1) is 10.0. The van der Waals surface area contributed by atoms with Crippen LogP contribution in [-0.2, 0) is 9.59 Å². The minimum atomic E-state index is -0.896. The van der Waals surface area contributed by atoms with E-state index in [0.29, 0.717) is 6.07 Å². The fourth-order valence-electron chi connectivity index (χ4n) is 2.04. The maximum atomic E-state index is 13.5. The summed E-state index contributed by atoms with van der Waals surface area (Å²) in [6.45, 7) is 0. The lowest BCUT2D eigenvalue weighted by Gasteiger charge is -2.23. The number of fused-ring (bicyclic) bond motifs is 1. The first-order valence-electron chi connectivity index (χ1n) is 6.00. The molecule has 0 aliphatic carbocycles. The minimum absolute atomic E-state index is 0.125. The van der Waals surface area contributed by atoms with Crippen LogP contribution in [0, 0.1) is 11.6 Å². The van der Waals surface area contributed by atoms with Crippen LogP contribution in [0.3, 0.4) is 0 Å². The van der Waals surface area contributed by atoms with Gasteiger partial charge in [0, 0.05) is 6.07 Å². The zero-order chi connectivity index (χ0) is 15.0. The average Bonchev–Trinajstić information content (AvgIpc) is 2.88. The smallest absolute Gasteiger partial charge is 0.248 e. The van der Waals surface area contributed by atoms with Crippen molar-refractivity contribution in [3.05, 3.63) is 36.2 Å². The molecular weight excluding hydrogens is 284 g/mol. The molecule has 108 valence electrons. The third kappa shape index (κ3) is 2.45. The van der Waals surface area contributed by atoms with Gasteiger partial charge in [-0.25, -0.2) is 8.78 Å². The van der Waals surface area contributed by atoms with E-state index in [1.165, 1.54) is 10.9 Å². The van der Waals surface area contributed by atoms with Crippen LogP contribution in [0.5, 0.6) is 0 Å². The van der Waals surface area contributed by atoms with E-state index in [4.69, 9.17) is 0 Å². The third-order valence-corrected chi connectivity index (χ3v) is 3.03. The highest BCUT2D eigenvalue weighted by Crippen LogP contribution is 2.24. The Morgan fingerprint density at radius 1 is 1.43 bits per heavy atom. The van der Waals surface area contributed by atoms with E-state index in [2.05, 4.69) is 20.8 Å². The number of nitrogens with one attached hydrogen (secondary N) is 2. The monoisotopic (exact) mass is 293 g/mol. The molecule has 0 spiro atoms. The summed E-state index contributed by atoms with van der Waals surface area (Å²) in [6.07, 6.45) is 1.17. The molecule has 0 fully saturated rings. The highest BCUT2D eigenvalue weighted by molar-refractivity contribution is 6.00. The van der Waals surface area contributed by atoms with Crippen molar-refractivity contribution >= 4 is 23.5 Å². The molecule has 0 bridgehead atoms. The second-order valence-corrected chi connectivity index (χ2v) is 4.44. The maximum Gasteiger partial charge on any atom is 0.248 e. The number of hydrogen-bond acceptors (Lipinski definition) is 4. The Morgan fingerprint density at radius 2 is 2.24 bits per heavy atom. The predicted octanol–water partition coefficient (Wildman–Crippen LogP) is 1.08. The molecule has 1 aromatic heterocycles. The van der Waals surface area contributed by atoms with Gasteiger partial charge in [0.1, 0.15) is 24.0 Å². The number of carbonyl (C=O) groups excluding carboxylic acids is 2. The van der Waals surface area contributed by atoms with Gasteiger partial charge in [0.25, 0.3) is 0 Å². The molecule has 0 unspecified atom stereocenters. The zero-order valence-corrected chi connectivity index (χ0v) is 10.5. The molecule has 1 atom stereocenters. The summed E-state index contributed by atoms with van der Waals surface area (Å²) < 4.78 is 27.7. The van der Waals surface area contributed by atoms with Crippen molar-refractivity contribution < 1.29 is 18.4 Å². The molecule has 9 heteroatoms. The Kier molecular flexibility index (Phi) is 3.09. The van der Waals surface area contributed by atoms with Crippen LogP contribution in [0.4, 0.5) is 20.4 Å². The van der Waals surface area contributed by atoms with Crippen LogP contribution in [0.15, 0.2) is 24.5 Å². The fraction of sp³-hybridized carbons (Fsp3) is 0.167. The Morgan fingerprint density at radius 3 is 3.00 bits per heavy atom. The van der Waals surface area contributed by atoms with E-state index >= 15 is 0 Å². The van der Waals surface area contributed by atoms with Crippen LogP contribution in [0.2, 0.25) is 0 Å². The standard InChI is InChI=1S/C12H9F2N5O2/c13-6-1-2-8(7(14)3-6)16-11(21)9-4-10(20)17-12-18-15-5-19(9)12/h1-3,5,9H,4H2,(H,16,21)(H,17,18,20)/t9-/m1/s1. The molecule has 1 aliphatic rings. The van der Waals surface area contributed by atoms with Gasteiger partial charge >= 0.3 is 0 Å². The molecule has 3 rings (SSSR count). The van der Waals surface area contributed by atoms with E-state index in [-0.39, 0.29) is 18.1 Å². The van der Waals surface area contributed by atoms with Crippen molar-refractivity contribution in [1.29, 1.82) is 0 Å². The van der Waals surface area contributed by atoms with E-state index in [1.807, 2.05) is 0 Å². The first-order valence-corrected chi connectivity index (χ1v) is 6.00. The van der Waals surface area contributed by atoms with Gasteiger partial charge in [-0.3, -0.25) is 19.5 Å². The molecule has 0 saturated heterocycles. The molecule has 0 saturated carbocycles. The molecule has 1 aromatic carbocycles. The van der Waals surface area contributed by atoms with E-state index in [1.54, 1.807) is 0 Å². The number of amides is 2. The molecule has 2 heterocycles. The number of nitrogens with zero attached hydrogens (tertiary/aromatic N) is 3. The van der Waals surface area contributed by atoms with Gasteiger partial charge in [-0.1, -0.05) is 0 Å². The number of halogens is 2. The second-order valence-electron chi connectivity index (χ2n) is 4.44. The molecule has 1 aliphatic heterocycles. The zero-order valence-electron chi connectivity index (χ0n) is 10.5. The Hall–Kier alpha value is -2.84. The summed E-state index contributed by atoms with van der Waals surface area (Å²) in [7, 11) is 0. The molecular formula is C12H9F2N5O2. The lowest BCUT2D eigenvalue weighted by Crippen LogP contribution is -2.35. The largest absolute Gasteiger partial charge is 0.322 e. The Labute approximate surface area is 117 Å². The van der Waals surface area contributed by atoms with Gasteiger partial charge in [0.05, 0.1) is 12.1 Å². The van der Waals surface area contributed by atoms with Crippen LogP contribution in [0.1, 0.15) is 12.5 Å². The first kappa shape index (κ1) is 13.2. The molecule has 2 aromatic rings. The maximum absolute atomic E-state index is 13.5. The van der Waals surface area contributed by atoms with Crippen LogP contribution >= 0.6 is 0 Å². The minimum Gasteiger partial charge on any atom is -0.322 e. The summed E-state index contributed by atoms with van der Waals surface area (Å²) in [6, 6.07) is 1.90. The van der Waals surface area contributed by atoms with Gasteiger partial charge in [-0.2, -0.15) is 0 Å². The number of aromatic nitrogens is 3. The van der Waals surface area contributed by atoms with Crippen LogP contribution in [-0.4, -0.2) is 26.6 Å². The summed E-state index contributed by atoms with van der Waals surface area (Å²) in [4.78, 5) is 23.7. The van der Waals surface area contributed by atoms with Crippen molar-refractivity contribution in [2.24, 2.45) is 0 Å². The molecule has 7 nitrogen and oxygen atoms in total. The lowest BCUT2D eigenvalue weighted by atomic mass is 10.1. The Balaban J connectivity index is 1.85. The second kappa shape index (κ2) is 4.93. The molecule has 0 radical (unpaired) electrons. The quantitative estimate of drug-likeness (QED) is 0.867. The third-order valence-electron chi connectivity index (χ3n) is 3.03. The van der Waals surface area contributed by atoms with Crippen LogP contribution in [0.25, 0.3) is 0 Å². The number of anilines is 2. The summed E-state index contributed by atoms with van der Waals surface area (Å²) >= 11 is 0. The Bertz CT molecular complexity index is 730. The van der Waals surface area contributed by atoms with Crippen molar-refractivity contribution in [2.75, 3.05) is 10.6 Å². The van der Waals surface area contributed by atoms with Gasteiger partial charge in [0.15, 0.2) is 0 Å². The average molecular weight is 293 g/mol. The number of benzene rings is 1. The fourth-order valence-corrected chi connectivity index (χ4v) is 2.04. The molecule has 2 amide bonds. The summed E-state index contributed by atoms with van der Waals surface area (Å²) in [5.74, 6) is -2.51. The van der Waals surface area contributed by atoms with Gasteiger partial charge in [-0.05, 0) is 12.1 Å². The van der Waals surface area contributed by atoms with Crippen molar-refractivity contribution in [1.82, 2.24) is 14.8 Å². The normalized spacial score (nSPS) is 17.0. The van der Waals surface area contributed by atoms with Gasteiger partial charge in [0.2, 0.25) is 17.8 Å². The van der Waals surface area contributed by atoms with E-state index in [9.17, 15) is 18.4 Å². The number of hydrogen-bond donors (Lipinski definition) is 2. The number of carbonyl (C=O) groups is 2. The SMILES string of the molecule is O=C1C[C@H](C(=O)Nc2ccc(F)cc2F)n2cnnc2N1. The van der Waals surface area contributed by atoms with E-state index < -0.39 is 29.5 Å². The highest BCUT2D eigenvalue weighted by atomic mass is 19.1. The van der Waals surface area contributed by atoms with Gasteiger partial charge in [-0.15, -0.1) is 10.2 Å². The lowest BCUT2D eigenvalue weighted by molar-refractivity contribution is -0.125. The highest BCUT2D eigenvalue weighted by Gasteiger charge is 2.31. The van der Waals surface area contributed by atoms with Crippen LogP contribution < -0.4 is 10.6 Å². The molecule has 2 N–H and O–H groups in total. The topological polar surface area (TPSA) is 88.9 Å². The predicted molar refractivity (Wildman–Crippen MR) is 67.3 cm³/mol. The summed E-state index contributed by atoms with van der Waals surface area (Å²) in [5.41, 5.74) is -0.165. The van der Waals surface area contributed by atoms with E-state index in [0.717, 1.165) is 12.1 Å². The van der Waals surface area contributed by atoms with Crippen molar-refractivity contribution in [2.45, 2.75) is 12.5 Å². The molecule has 21 heavy (non-hydrogen) atoms. The summed E-state index contributed by atoms with van der Waals surface area (Å²) in [5, 5.41) is 12.0. The van der Waals surface area contributed by atoms with Crippen molar-refractivity contribution in [3.63, 3.8) is 0 Å².